The number of rotatable bonds is 5. The van der Waals surface area contributed by atoms with Crippen LogP contribution in [0.15, 0.2) is 24.5 Å². The Balaban J connectivity index is 2.26. The Kier molecular flexibility index (Phi) is 4.32. The van der Waals surface area contributed by atoms with Crippen molar-refractivity contribution in [1.29, 1.82) is 0 Å². The minimum absolute atomic E-state index is 0.292. The predicted octanol–water partition coefficient (Wildman–Crippen LogP) is 2.33. The van der Waals surface area contributed by atoms with Gasteiger partial charge in [0.25, 0.3) is 0 Å². The fourth-order valence-corrected chi connectivity index (χ4v) is 2.45. The molecule has 2 aromatic heterocycles. The minimum Gasteiger partial charge on any atom is -0.310 e. The number of nitrogens with zero attached hydrogens (tertiary/aromatic N) is 3. The molecule has 0 amide bonds. The Morgan fingerprint density at radius 3 is 2.68 bits per heavy atom. The van der Waals surface area contributed by atoms with Crippen LogP contribution < -0.4 is 5.32 Å². The Hall–Kier alpha value is -1.68. The molecule has 0 aliphatic rings. The van der Waals surface area contributed by atoms with Crippen LogP contribution in [-0.4, -0.2) is 21.3 Å². The highest BCUT2D eigenvalue weighted by Crippen LogP contribution is 2.21. The van der Waals surface area contributed by atoms with Crippen LogP contribution in [-0.2, 0) is 13.5 Å². The molecule has 4 nitrogen and oxygen atoms in total. The molecule has 2 heterocycles. The molecule has 0 saturated carbocycles. The van der Waals surface area contributed by atoms with Crippen molar-refractivity contribution in [1.82, 2.24) is 20.1 Å². The van der Waals surface area contributed by atoms with Gasteiger partial charge in [0.2, 0.25) is 0 Å². The van der Waals surface area contributed by atoms with E-state index >= 15 is 0 Å². The third-order valence-corrected chi connectivity index (χ3v) is 3.60. The Bertz CT molecular complexity index is 531. The highest BCUT2D eigenvalue weighted by molar-refractivity contribution is 5.28. The monoisotopic (exact) mass is 258 g/mol. The Labute approximate surface area is 114 Å². The lowest BCUT2D eigenvalue weighted by Crippen LogP contribution is -2.23. The van der Waals surface area contributed by atoms with Crippen molar-refractivity contribution < 1.29 is 0 Å². The van der Waals surface area contributed by atoms with Gasteiger partial charge in [-0.25, -0.2) is 0 Å². The molecule has 1 unspecified atom stereocenters. The van der Waals surface area contributed by atoms with Crippen LogP contribution in [0.3, 0.4) is 0 Å². The third-order valence-electron chi connectivity index (χ3n) is 3.60. The van der Waals surface area contributed by atoms with Gasteiger partial charge < -0.3 is 5.32 Å². The third kappa shape index (κ3) is 3.01. The predicted molar refractivity (Wildman–Crippen MR) is 77.0 cm³/mol. The first-order valence-corrected chi connectivity index (χ1v) is 6.75. The molecule has 0 bridgehead atoms. The molecule has 0 radical (unpaired) electrons. The maximum Gasteiger partial charge on any atom is 0.0629 e. The van der Waals surface area contributed by atoms with Gasteiger partial charge in [-0.05, 0) is 44.0 Å². The van der Waals surface area contributed by atoms with E-state index in [-0.39, 0.29) is 0 Å². The lowest BCUT2D eigenvalue weighted by molar-refractivity contribution is 0.545. The van der Waals surface area contributed by atoms with Crippen molar-refractivity contribution in [3.8, 4) is 0 Å². The summed E-state index contributed by atoms with van der Waals surface area (Å²) in [6.45, 7) is 7.28. The zero-order valence-electron chi connectivity index (χ0n) is 12.1. The zero-order chi connectivity index (χ0) is 13.8. The molecule has 0 fully saturated rings. The molecule has 2 rings (SSSR count). The van der Waals surface area contributed by atoms with Crippen molar-refractivity contribution in [3.63, 3.8) is 0 Å². The quantitative estimate of drug-likeness (QED) is 0.895. The van der Waals surface area contributed by atoms with E-state index in [2.05, 4.69) is 42.2 Å². The number of hydrogen-bond donors (Lipinski definition) is 1. The van der Waals surface area contributed by atoms with Crippen molar-refractivity contribution in [2.45, 2.75) is 33.2 Å². The largest absolute Gasteiger partial charge is 0.310 e. The van der Waals surface area contributed by atoms with E-state index in [1.54, 1.807) is 0 Å². The maximum atomic E-state index is 4.49. The summed E-state index contributed by atoms with van der Waals surface area (Å²) in [6, 6.07) is 4.41. The second-order valence-electron chi connectivity index (χ2n) is 4.87. The summed E-state index contributed by atoms with van der Waals surface area (Å²) >= 11 is 0. The molecule has 102 valence electrons. The van der Waals surface area contributed by atoms with Crippen molar-refractivity contribution in [2.24, 2.45) is 7.05 Å². The lowest BCUT2D eigenvalue weighted by atomic mass is 9.99. The van der Waals surface area contributed by atoms with E-state index in [0.29, 0.717) is 6.04 Å². The van der Waals surface area contributed by atoms with Gasteiger partial charge in [0.1, 0.15) is 0 Å². The van der Waals surface area contributed by atoms with Crippen LogP contribution in [0.1, 0.15) is 35.5 Å². The molecular weight excluding hydrogens is 236 g/mol. The number of aromatic nitrogens is 3. The molecule has 0 aromatic carbocycles. The summed E-state index contributed by atoms with van der Waals surface area (Å²) in [7, 11) is 2.00. The summed E-state index contributed by atoms with van der Waals surface area (Å²) in [5.74, 6) is 0. The Morgan fingerprint density at radius 2 is 2.16 bits per heavy atom. The smallest absolute Gasteiger partial charge is 0.0629 e. The van der Waals surface area contributed by atoms with Crippen LogP contribution in [0.2, 0.25) is 0 Å². The van der Waals surface area contributed by atoms with Gasteiger partial charge in [-0.3, -0.25) is 9.67 Å². The van der Waals surface area contributed by atoms with E-state index in [1.165, 1.54) is 16.8 Å². The standard InChI is InChI=1S/C15H22N4/c1-5-17-15(13-7-6-8-16-10-13)9-14-11(2)18-19(4)12(14)3/h6-8,10,15,17H,5,9H2,1-4H3. The number of hydrogen-bond acceptors (Lipinski definition) is 3. The SMILES string of the molecule is CCNC(Cc1c(C)nn(C)c1C)c1cccnc1. The first-order valence-electron chi connectivity index (χ1n) is 6.75. The van der Waals surface area contributed by atoms with Crippen LogP contribution in [0.5, 0.6) is 0 Å². The lowest BCUT2D eigenvalue weighted by Gasteiger charge is -2.18. The van der Waals surface area contributed by atoms with Gasteiger partial charge in [-0.2, -0.15) is 5.10 Å². The molecule has 0 spiro atoms. The van der Waals surface area contributed by atoms with Crippen LogP contribution in [0.4, 0.5) is 0 Å². The normalized spacial score (nSPS) is 12.6. The van der Waals surface area contributed by atoms with Crippen LogP contribution in [0, 0.1) is 13.8 Å². The summed E-state index contributed by atoms with van der Waals surface area (Å²) in [4.78, 5) is 4.22. The number of aryl methyl sites for hydroxylation is 2. The van der Waals surface area contributed by atoms with Crippen molar-refractivity contribution >= 4 is 0 Å². The number of pyridine rings is 1. The molecule has 0 aliphatic carbocycles. The zero-order valence-corrected chi connectivity index (χ0v) is 12.1. The second-order valence-corrected chi connectivity index (χ2v) is 4.87. The fourth-order valence-electron chi connectivity index (χ4n) is 2.45. The molecule has 4 heteroatoms. The van der Waals surface area contributed by atoms with E-state index in [0.717, 1.165) is 18.7 Å². The minimum atomic E-state index is 0.292. The summed E-state index contributed by atoms with van der Waals surface area (Å²) < 4.78 is 1.96. The van der Waals surface area contributed by atoms with Crippen molar-refractivity contribution in [2.75, 3.05) is 6.54 Å². The van der Waals surface area contributed by atoms with Crippen LogP contribution in [0.25, 0.3) is 0 Å². The molecule has 19 heavy (non-hydrogen) atoms. The van der Waals surface area contributed by atoms with Crippen molar-refractivity contribution in [3.05, 3.63) is 47.0 Å². The summed E-state index contributed by atoms with van der Waals surface area (Å²) in [5, 5.41) is 8.02. The van der Waals surface area contributed by atoms with E-state index in [9.17, 15) is 0 Å². The molecule has 0 saturated heterocycles. The molecule has 1 atom stereocenters. The Morgan fingerprint density at radius 1 is 1.37 bits per heavy atom. The first-order chi connectivity index (χ1) is 9.13. The maximum absolute atomic E-state index is 4.49. The first kappa shape index (κ1) is 13.7. The van der Waals surface area contributed by atoms with Gasteiger partial charge in [0.05, 0.1) is 5.69 Å². The summed E-state index contributed by atoms with van der Waals surface area (Å²) in [5.41, 5.74) is 4.92. The average molecular weight is 258 g/mol. The number of likely N-dealkylation sites (N-methyl/N-ethyl adjacent to an activating group) is 1. The van der Waals surface area contributed by atoms with Crippen LogP contribution >= 0.6 is 0 Å². The van der Waals surface area contributed by atoms with E-state index < -0.39 is 0 Å². The molecule has 0 aliphatic heterocycles. The molecule has 1 N–H and O–H groups in total. The van der Waals surface area contributed by atoms with E-state index in [1.807, 2.05) is 30.2 Å². The highest BCUT2D eigenvalue weighted by Gasteiger charge is 2.16. The second kappa shape index (κ2) is 5.97. The number of nitrogens with one attached hydrogen (secondary N) is 1. The van der Waals surface area contributed by atoms with Gasteiger partial charge >= 0.3 is 0 Å². The van der Waals surface area contributed by atoms with Gasteiger partial charge in [0, 0.05) is 31.2 Å². The van der Waals surface area contributed by atoms with E-state index in [4.69, 9.17) is 0 Å². The fraction of sp³-hybridized carbons (Fsp3) is 0.467. The summed E-state index contributed by atoms with van der Waals surface area (Å²) in [6.07, 6.45) is 4.70. The van der Waals surface area contributed by atoms with Gasteiger partial charge in [-0.15, -0.1) is 0 Å². The average Bonchev–Trinajstić information content (AvgIpc) is 2.65. The topological polar surface area (TPSA) is 42.7 Å². The molecular formula is C15H22N4. The van der Waals surface area contributed by atoms with Gasteiger partial charge in [-0.1, -0.05) is 13.0 Å². The highest BCUT2D eigenvalue weighted by atomic mass is 15.3. The van der Waals surface area contributed by atoms with Gasteiger partial charge in [0.15, 0.2) is 0 Å². The molecule has 2 aromatic rings.